The number of rotatable bonds is 12. The van der Waals surface area contributed by atoms with Gasteiger partial charge in [-0.3, -0.25) is 19.2 Å². The zero-order chi connectivity index (χ0) is 40.4. The number of hydrogen-bond acceptors (Lipinski definition) is 11. The van der Waals surface area contributed by atoms with Crippen LogP contribution in [0.15, 0.2) is 66.2 Å². The summed E-state index contributed by atoms with van der Waals surface area (Å²) in [5, 5.41) is 36.2. The normalized spacial score (nSPS) is 17.7. The number of aliphatic hydroxyl groups excluding tert-OH is 1. The summed E-state index contributed by atoms with van der Waals surface area (Å²) in [6.45, 7) is 8.89. The number of β-amino-alcohol motifs (C(OH)–C–C–N with tert-alkyl or cyclic N) is 1. The Morgan fingerprint density at radius 2 is 1.74 bits per heavy atom. The van der Waals surface area contributed by atoms with E-state index in [0.717, 1.165) is 36.8 Å². The summed E-state index contributed by atoms with van der Waals surface area (Å²) in [7, 11) is 0. The largest absolute Gasteiger partial charge is 0.507 e. The Bertz CT molecular complexity index is 2280. The maximum absolute atomic E-state index is 14.0. The number of carbonyl (C=O) groups is 4. The van der Waals surface area contributed by atoms with Crippen LogP contribution in [0.1, 0.15) is 68.5 Å². The minimum atomic E-state index is -0.944. The highest BCUT2D eigenvalue weighted by Gasteiger charge is 2.44. The van der Waals surface area contributed by atoms with Gasteiger partial charge in [0.15, 0.2) is 0 Å². The number of fused-ring (bicyclic) bond motifs is 1. The van der Waals surface area contributed by atoms with Gasteiger partial charge in [0.1, 0.15) is 22.7 Å². The van der Waals surface area contributed by atoms with Gasteiger partial charge in [-0.2, -0.15) is 0 Å². The minimum absolute atomic E-state index is 0.0121. The fourth-order valence-corrected chi connectivity index (χ4v) is 9.18. The minimum Gasteiger partial charge on any atom is -0.507 e. The molecule has 3 atom stereocenters. The predicted octanol–water partition coefficient (Wildman–Crippen LogP) is 5.40. The van der Waals surface area contributed by atoms with Crippen LogP contribution in [0.5, 0.6) is 5.75 Å². The standard InChI is InChI=1S/C42H47N7O6S2/c1-24-37(56-23-44-24)26-14-12-25(13-15-26)19-43-39(54)32-18-29(50)22-49(32)41(55)38(42(2,3)4)45-35(52)10-7-11-36(53)48-20-28(21-48)34-17-27-16-31(46-47-40(27)57-34)30-8-5-6-9-33(30)51/h5-6,8-9,12-17,23,28-29,32,38,50-51H,7,10-11,18-22H2,1-4H3,(H,43,54)(H,45,52)/t29-,32+,38-/m1/s1. The fourth-order valence-electron chi connectivity index (χ4n) is 7.33. The van der Waals surface area contributed by atoms with Crippen LogP contribution in [-0.4, -0.2) is 96.6 Å². The third-order valence-electron chi connectivity index (χ3n) is 10.6. The van der Waals surface area contributed by atoms with E-state index in [2.05, 4.69) is 31.9 Å². The van der Waals surface area contributed by atoms with E-state index in [1.807, 2.05) is 69.6 Å². The number of carbonyl (C=O) groups excluding carboxylic acids is 4. The van der Waals surface area contributed by atoms with Crippen LogP contribution in [0.3, 0.4) is 0 Å². The van der Waals surface area contributed by atoms with Crippen molar-refractivity contribution in [3.05, 3.63) is 82.3 Å². The molecule has 4 amide bonds. The number of benzene rings is 2. The van der Waals surface area contributed by atoms with Gasteiger partial charge in [-0.15, -0.1) is 32.9 Å². The molecule has 4 N–H and O–H groups in total. The third-order valence-corrected chi connectivity index (χ3v) is 12.8. The molecule has 0 saturated carbocycles. The van der Waals surface area contributed by atoms with Crippen molar-refractivity contribution in [2.45, 2.75) is 84.0 Å². The molecule has 0 spiro atoms. The number of thiazole rings is 1. The zero-order valence-corrected chi connectivity index (χ0v) is 34.0. The molecule has 298 valence electrons. The van der Waals surface area contributed by atoms with E-state index in [9.17, 15) is 29.4 Å². The number of hydrogen-bond donors (Lipinski definition) is 4. The molecular formula is C42H47N7O6S2. The van der Waals surface area contributed by atoms with Gasteiger partial charge >= 0.3 is 0 Å². The molecule has 2 fully saturated rings. The molecule has 0 radical (unpaired) electrons. The third kappa shape index (κ3) is 9.00. The lowest BCUT2D eigenvalue weighted by molar-refractivity contribution is -0.144. The van der Waals surface area contributed by atoms with Crippen LogP contribution in [0, 0.1) is 12.3 Å². The Hall–Kier alpha value is -5.25. The Kier molecular flexibility index (Phi) is 11.7. The van der Waals surface area contributed by atoms with Gasteiger partial charge in [-0.05, 0) is 54.2 Å². The molecule has 15 heteroatoms. The van der Waals surface area contributed by atoms with Crippen molar-refractivity contribution in [2.75, 3.05) is 19.6 Å². The molecule has 2 aliphatic rings. The van der Waals surface area contributed by atoms with Crippen LogP contribution < -0.4 is 10.6 Å². The topological polar surface area (TPSA) is 178 Å². The molecule has 0 bridgehead atoms. The van der Waals surface area contributed by atoms with E-state index in [-0.39, 0.29) is 61.7 Å². The van der Waals surface area contributed by atoms with Crippen LogP contribution >= 0.6 is 22.7 Å². The van der Waals surface area contributed by atoms with Crippen LogP contribution in [0.4, 0.5) is 0 Å². The molecular weight excluding hydrogens is 763 g/mol. The number of nitrogens with one attached hydrogen (secondary N) is 2. The summed E-state index contributed by atoms with van der Waals surface area (Å²) in [5.74, 6) is -0.858. The second kappa shape index (κ2) is 16.7. The second-order valence-electron chi connectivity index (χ2n) is 15.9. The number of aryl methyl sites for hydroxylation is 1. The quantitative estimate of drug-likeness (QED) is 0.129. The van der Waals surface area contributed by atoms with E-state index in [1.165, 1.54) is 4.90 Å². The summed E-state index contributed by atoms with van der Waals surface area (Å²) in [5.41, 5.74) is 5.24. The Labute approximate surface area is 339 Å². The maximum atomic E-state index is 14.0. The van der Waals surface area contributed by atoms with Gasteiger partial charge in [-0.1, -0.05) is 57.2 Å². The first-order valence-corrected chi connectivity index (χ1v) is 20.8. The highest BCUT2D eigenvalue weighted by molar-refractivity contribution is 7.18. The molecule has 57 heavy (non-hydrogen) atoms. The smallest absolute Gasteiger partial charge is 0.246 e. The lowest BCUT2D eigenvalue weighted by atomic mass is 9.85. The molecule has 0 aliphatic carbocycles. The first-order chi connectivity index (χ1) is 27.2. The predicted molar refractivity (Wildman–Crippen MR) is 219 cm³/mol. The molecule has 2 aromatic carbocycles. The van der Waals surface area contributed by atoms with Gasteiger partial charge in [-0.25, -0.2) is 4.98 Å². The number of phenolic OH excluding ortho intramolecular Hbond substituents is 1. The van der Waals surface area contributed by atoms with Crippen molar-refractivity contribution in [3.8, 4) is 27.4 Å². The van der Waals surface area contributed by atoms with E-state index >= 15 is 0 Å². The number of likely N-dealkylation sites (tertiary alicyclic amines) is 2. The molecule has 0 unspecified atom stereocenters. The van der Waals surface area contributed by atoms with Crippen molar-refractivity contribution in [2.24, 2.45) is 5.41 Å². The summed E-state index contributed by atoms with van der Waals surface area (Å²) < 4.78 is 0. The Morgan fingerprint density at radius 3 is 2.44 bits per heavy atom. The molecule has 13 nitrogen and oxygen atoms in total. The zero-order valence-electron chi connectivity index (χ0n) is 32.4. The SMILES string of the molecule is Cc1ncsc1-c1ccc(CNC(=O)[C@@H]2C[C@@H](O)CN2C(=O)[C@@H](NC(=O)CCCC(=O)N2CC(c3cc4cc(-c5ccccc5O)nnc4s3)C2)C(C)(C)C)cc1. The monoisotopic (exact) mass is 809 g/mol. The van der Waals surface area contributed by atoms with Crippen molar-refractivity contribution in [1.29, 1.82) is 0 Å². The number of aromatic nitrogens is 3. The van der Waals surface area contributed by atoms with Gasteiger partial charge in [0.2, 0.25) is 23.6 Å². The number of nitrogens with zero attached hydrogens (tertiary/aromatic N) is 5. The lowest BCUT2D eigenvalue weighted by Gasteiger charge is -2.39. The second-order valence-corrected chi connectivity index (χ2v) is 17.9. The Balaban J connectivity index is 0.880. The molecule has 7 rings (SSSR count). The number of aliphatic hydroxyl groups is 1. The number of para-hydroxylation sites is 1. The molecule has 2 aliphatic heterocycles. The van der Waals surface area contributed by atoms with Crippen LogP contribution in [-0.2, 0) is 25.7 Å². The number of thiophene rings is 1. The summed E-state index contributed by atoms with van der Waals surface area (Å²) in [6, 6.07) is 17.0. The highest BCUT2D eigenvalue weighted by atomic mass is 32.1. The van der Waals surface area contributed by atoms with Crippen molar-refractivity contribution in [1.82, 2.24) is 35.6 Å². The number of amides is 4. The highest BCUT2D eigenvalue weighted by Crippen LogP contribution is 2.37. The maximum Gasteiger partial charge on any atom is 0.246 e. The Morgan fingerprint density at radius 1 is 0.982 bits per heavy atom. The van der Waals surface area contributed by atoms with Crippen molar-refractivity contribution < 1.29 is 29.4 Å². The van der Waals surface area contributed by atoms with Gasteiger partial charge in [0.05, 0.1) is 27.9 Å². The lowest BCUT2D eigenvalue weighted by Crippen LogP contribution is -2.57. The first kappa shape index (κ1) is 40.0. The first-order valence-electron chi connectivity index (χ1n) is 19.1. The van der Waals surface area contributed by atoms with Crippen LogP contribution in [0.25, 0.3) is 31.9 Å². The van der Waals surface area contributed by atoms with Crippen LogP contribution in [0.2, 0.25) is 0 Å². The average molecular weight is 810 g/mol. The van der Waals surface area contributed by atoms with Gasteiger partial charge in [0.25, 0.3) is 0 Å². The van der Waals surface area contributed by atoms with Gasteiger partial charge in [0, 0.05) is 67.2 Å². The summed E-state index contributed by atoms with van der Waals surface area (Å²) in [4.78, 5) is 64.1. The van der Waals surface area contributed by atoms with E-state index in [0.29, 0.717) is 30.8 Å². The number of phenols is 1. The van der Waals surface area contributed by atoms with E-state index < -0.39 is 29.5 Å². The summed E-state index contributed by atoms with van der Waals surface area (Å²) >= 11 is 3.12. The van der Waals surface area contributed by atoms with Crippen molar-refractivity contribution in [3.63, 3.8) is 0 Å². The molecule has 2 saturated heterocycles. The van der Waals surface area contributed by atoms with Gasteiger partial charge < -0.3 is 30.6 Å². The number of aromatic hydroxyl groups is 1. The average Bonchev–Trinajstić information content (AvgIpc) is 3.89. The summed E-state index contributed by atoms with van der Waals surface area (Å²) in [6.07, 6.45) is -0.188. The van der Waals surface area contributed by atoms with E-state index in [1.54, 1.807) is 45.8 Å². The molecule has 5 heterocycles. The van der Waals surface area contributed by atoms with Crippen molar-refractivity contribution >= 4 is 56.5 Å². The molecule has 5 aromatic rings. The van der Waals surface area contributed by atoms with E-state index in [4.69, 9.17) is 0 Å². The molecule has 3 aromatic heterocycles. The fraction of sp³-hybridized carbons (Fsp3) is 0.405.